The van der Waals surface area contributed by atoms with Gasteiger partial charge >= 0.3 is 6.09 Å². The molecule has 1 unspecified atom stereocenters. The van der Waals surface area contributed by atoms with Crippen LogP contribution in [0, 0.1) is 5.92 Å². The Morgan fingerprint density at radius 2 is 2.21 bits per heavy atom. The van der Waals surface area contributed by atoms with Crippen molar-refractivity contribution >= 4 is 6.09 Å². The lowest BCUT2D eigenvalue weighted by Crippen LogP contribution is -2.44. The molecule has 0 radical (unpaired) electrons. The first-order valence-electron chi connectivity index (χ1n) is 5.41. The van der Waals surface area contributed by atoms with Crippen molar-refractivity contribution in [3.8, 4) is 0 Å². The second kappa shape index (κ2) is 5.86. The molecule has 1 aliphatic rings. The average molecular weight is 200 g/mol. The second-order valence-electron chi connectivity index (χ2n) is 3.75. The van der Waals surface area contributed by atoms with Crippen LogP contribution in [0.25, 0.3) is 0 Å². The summed E-state index contributed by atoms with van der Waals surface area (Å²) in [6, 6.07) is 0.0940. The lowest BCUT2D eigenvalue weighted by molar-refractivity contribution is 0.144. The Bertz CT molecular complexity index is 179. The van der Waals surface area contributed by atoms with Crippen LogP contribution in [0.1, 0.15) is 32.6 Å². The fourth-order valence-electron chi connectivity index (χ4n) is 2.05. The van der Waals surface area contributed by atoms with Crippen molar-refractivity contribution in [1.29, 1.82) is 0 Å². The summed E-state index contributed by atoms with van der Waals surface area (Å²) >= 11 is 0. The number of nitrogens with two attached hydrogens (primary N) is 1. The van der Waals surface area contributed by atoms with Gasteiger partial charge in [-0.1, -0.05) is 12.8 Å². The minimum absolute atomic E-state index is 0.0940. The molecule has 1 amide bonds. The lowest BCUT2D eigenvalue weighted by Gasteiger charge is -2.22. The standard InChI is InChI=1S/C10H20N2O2/c1-2-14-10(13)12-9(7-11)8-5-3-4-6-8/h8-9H,2-7,11H2,1H3,(H,12,13). The van der Waals surface area contributed by atoms with Gasteiger partial charge in [0.1, 0.15) is 0 Å². The molecule has 4 heteroatoms. The normalized spacial score (nSPS) is 19.3. The molecule has 1 fully saturated rings. The fraction of sp³-hybridized carbons (Fsp3) is 0.900. The minimum atomic E-state index is -0.338. The van der Waals surface area contributed by atoms with Crippen molar-refractivity contribution in [3.05, 3.63) is 0 Å². The maximum Gasteiger partial charge on any atom is 0.407 e. The molecule has 0 heterocycles. The summed E-state index contributed by atoms with van der Waals surface area (Å²) in [5, 5.41) is 2.82. The van der Waals surface area contributed by atoms with Crippen LogP contribution in [0.15, 0.2) is 0 Å². The van der Waals surface area contributed by atoms with Crippen LogP contribution in [0.3, 0.4) is 0 Å². The van der Waals surface area contributed by atoms with E-state index in [9.17, 15) is 4.79 Å². The molecule has 0 bridgehead atoms. The summed E-state index contributed by atoms with van der Waals surface area (Å²) in [5.74, 6) is 0.546. The van der Waals surface area contributed by atoms with E-state index in [1.54, 1.807) is 6.92 Å². The number of hydrogen-bond donors (Lipinski definition) is 2. The second-order valence-corrected chi connectivity index (χ2v) is 3.75. The summed E-state index contributed by atoms with van der Waals surface area (Å²) < 4.78 is 4.83. The zero-order valence-electron chi connectivity index (χ0n) is 8.79. The van der Waals surface area contributed by atoms with Crippen molar-refractivity contribution in [2.45, 2.75) is 38.6 Å². The van der Waals surface area contributed by atoms with E-state index in [4.69, 9.17) is 10.5 Å². The summed E-state index contributed by atoms with van der Waals surface area (Å²) in [4.78, 5) is 11.2. The molecule has 1 atom stereocenters. The zero-order chi connectivity index (χ0) is 10.4. The molecule has 0 saturated heterocycles. The van der Waals surface area contributed by atoms with Gasteiger partial charge in [0.05, 0.1) is 6.61 Å². The van der Waals surface area contributed by atoms with Crippen LogP contribution in [0.4, 0.5) is 4.79 Å². The van der Waals surface area contributed by atoms with Crippen LogP contribution in [-0.2, 0) is 4.74 Å². The third kappa shape index (κ3) is 3.18. The Hall–Kier alpha value is -0.770. The van der Waals surface area contributed by atoms with Gasteiger partial charge in [0.25, 0.3) is 0 Å². The van der Waals surface area contributed by atoms with Gasteiger partial charge < -0.3 is 15.8 Å². The van der Waals surface area contributed by atoms with Gasteiger partial charge in [-0.25, -0.2) is 4.79 Å². The van der Waals surface area contributed by atoms with E-state index in [0.717, 1.165) is 0 Å². The molecule has 0 spiro atoms. The Morgan fingerprint density at radius 1 is 1.57 bits per heavy atom. The number of ether oxygens (including phenoxy) is 1. The highest BCUT2D eigenvalue weighted by Crippen LogP contribution is 2.27. The highest BCUT2D eigenvalue weighted by Gasteiger charge is 2.25. The van der Waals surface area contributed by atoms with Crippen molar-refractivity contribution < 1.29 is 9.53 Å². The van der Waals surface area contributed by atoms with E-state index >= 15 is 0 Å². The number of carbonyl (C=O) groups excluding carboxylic acids is 1. The first-order valence-corrected chi connectivity index (χ1v) is 5.41. The molecule has 4 nitrogen and oxygen atoms in total. The monoisotopic (exact) mass is 200 g/mol. The average Bonchev–Trinajstić information content (AvgIpc) is 2.67. The molecule has 3 N–H and O–H groups in total. The van der Waals surface area contributed by atoms with Gasteiger partial charge in [0, 0.05) is 12.6 Å². The van der Waals surface area contributed by atoms with Gasteiger partial charge in [0.15, 0.2) is 0 Å². The molecular formula is C10H20N2O2. The Labute approximate surface area is 85.2 Å². The van der Waals surface area contributed by atoms with Crippen LogP contribution in [-0.4, -0.2) is 25.3 Å². The van der Waals surface area contributed by atoms with Crippen LogP contribution in [0.5, 0.6) is 0 Å². The summed E-state index contributed by atoms with van der Waals surface area (Å²) in [5.41, 5.74) is 5.63. The van der Waals surface area contributed by atoms with E-state index in [0.29, 0.717) is 19.1 Å². The largest absolute Gasteiger partial charge is 0.450 e. The van der Waals surface area contributed by atoms with Gasteiger partial charge in [-0.05, 0) is 25.7 Å². The highest BCUT2D eigenvalue weighted by atomic mass is 16.5. The minimum Gasteiger partial charge on any atom is -0.450 e. The number of rotatable bonds is 4. The number of carbonyl (C=O) groups is 1. The summed E-state index contributed by atoms with van der Waals surface area (Å²) in [7, 11) is 0. The number of nitrogens with one attached hydrogen (secondary N) is 1. The molecule has 0 aromatic heterocycles. The van der Waals surface area contributed by atoms with Gasteiger partial charge in [-0.2, -0.15) is 0 Å². The van der Waals surface area contributed by atoms with Crippen molar-refractivity contribution in [2.24, 2.45) is 11.7 Å². The molecule has 82 valence electrons. The van der Waals surface area contributed by atoms with Crippen molar-refractivity contribution in [3.63, 3.8) is 0 Å². The van der Waals surface area contributed by atoms with E-state index in [1.807, 2.05) is 0 Å². The van der Waals surface area contributed by atoms with Crippen LogP contribution < -0.4 is 11.1 Å². The van der Waals surface area contributed by atoms with Crippen LogP contribution >= 0.6 is 0 Å². The smallest absolute Gasteiger partial charge is 0.407 e. The maximum absolute atomic E-state index is 11.2. The van der Waals surface area contributed by atoms with Gasteiger partial charge in [-0.15, -0.1) is 0 Å². The zero-order valence-corrected chi connectivity index (χ0v) is 8.79. The molecule has 14 heavy (non-hydrogen) atoms. The Kier molecular flexibility index (Phi) is 4.73. The number of hydrogen-bond acceptors (Lipinski definition) is 3. The Morgan fingerprint density at radius 3 is 2.71 bits per heavy atom. The van der Waals surface area contributed by atoms with E-state index < -0.39 is 0 Å². The fourth-order valence-corrected chi connectivity index (χ4v) is 2.05. The van der Waals surface area contributed by atoms with Crippen molar-refractivity contribution in [1.82, 2.24) is 5.32 Å². The van der Waals surface area contributed by atoms with E-state index in [2.05, 4.69) is 5.32 Å². The quantitative estimate of drug-likeness (QED) is 0.718. The molecule has 1 saturated carbocycles. The summed E-state index contributed by atoms with van der Waals surface area (Å²) in [6.07, 6.45) is 4.52. The molecular weight excluding hydrogens is 180 g/mol. The predicted octanol–water partition coefficient (Wildman–Crippen LogP) is 1.25. The lowest BCUT2D eigenvalue weighted by atomic mass is 9.98. The van der Waals surface area contributed by atoms with Gasteiger partial charge in [-0.3, -0.25) is 0 Å². The SMILES string of the molecule is CCOC(=O)NC(CN)C1CCCC1. The third-order valence-electron chi connectivity index (χ3n) is 2.80. The molecule has 1 aliphatic carbocycles. The summed E-state index contributed by atoms with van der Waals surface area (Å²) in [6.45, 7) is 2.71. The van der Waals surface area contributed by atoms with E-state index in [-0.39, 0.29) is 12.1 Å². The Balaban J connectivity index is 2.33. The first-order chi connectivity index (χ1) is 6.77. The number of alkyl carbamates (subject to hydrolysis) is 1. The molecule has 1 rings (SSSR count). The molecule has 0 aliphatic heterocycles. The van der Waals surface area contributed by atoms with E-state index in [1.165, 1.54) is 25.7 Å². The van der Waals surface area contributed by atoms with Crippen LogP contribution in [0.2, 0.25) is 0 Å². The third-order valence-corrected chi connectivity index (χ3v) is 2.80. The van der Waals surface area contributed by atoms with Gasteiger partial charge in [0.2, 0.25) is 0 Å². The maximum atomic E-state index is 11.2. The first kappa shape index (κ1) is 11.3. The number of amides is 1. The predicted molar refractivity (Wildman–Crippen MR) is 55.0 cm³/mol. The molecule has 0 aromatic carbocycles. The highest BCUT2D eigenvalue weighted by molar-refractivity contribution is 5.67. The van der Waals surface area contributed by atoms with Crippen molar-refractivity contribution in [2.75, 3.05) is 13.2 Å². The topological polar surface area (TPSA) is 64.3 Å². The molecule has 0 aromatic rings.